The van der Waals surface area contributed by atoms with E-state index in [2.05, 4.69) is 5.32 Å². The molecule has 1 atom stereocenters. The Balaban J connectivity index is 1.93. The summed E-state index contributed by atoms with van der Waals surface area (Å²) in [6.45, 7) is 2.12. The highest BCUT2D eigenvalue weighted by Crippen LogP contribution is 2.19. The van der Waals surface area contributed by atoms with Gasteiger partial charge in [-0.3, -0.25) is 4.21 Å². The standard InChI is InChI=1S/C13H19NO2S/c1-16-12-2-4-13(5-3-12)17(15)10-11-6-8-14-9-7-11/h2-5,11,14H,6-10H2,1H3. The highest BCUT2D eigenvalue weighted by Gasteiger charge is 2.16. The second-order valence-corrected chi connectivity index (χ2v) is 5.88. The summed E-state index contributed by atoms with van der Waals surface area (Å²) in [6, 6.07) is 7.54. The van der Waals surface area contributed by atoms with Crippen molar-refractivity contribution in [3.8, 4) is 5.75 Å². The molecular formula is C13H19NO2S. The summed E-state index contributed by atoms with van der Waals surface area (Å²) in [4.78, 5) is 0.907. The fourth-order valence-corrected chi connectivity index (χ4v) is 3.48. The average Bonchev–Trinajstić information content (AvgIpc) is 2.40. The molecule has 0 aliphatic carbocycles. The fraction of sp³-hybridized carbons (Fsp3) is 0.538. The van der Waals surface area contributed by atoms with Gasteiger partial charge in [0.2, 0.25) is 0 Å². The van der Waals surface area contributed by atoms with E-state index in [1.807, 2.05) is 24.3 Å². The van der Waals surface area contributed by atoms with Gasteiger partial charge in [0.1, 0.15) is 5.75 Å². The van der Waals surface area contributed by atoms with Gasteiger partial charge in [-0.2, -0.15) is 0 Å². The van der Waals surface area contributed by atoms with Crippen LogP contribution in [0.3, 0.4) is 0 Å². The molecule has 1 unspecified atom stereocenters. The van der Waals surface area contributed by atoms with Crippen molar-refractivity contribution in [1.82, 2.24) is 5.32 Å². The average molecular weight is 253 g/mol. The van der Waals surface area contributed by atoms with Gasteiger partial charge in [-0.1, -0.05) is 0 Å². The molecule has 0 radical (unpaired) electrons. The quantitative estimate of drug-likeness (QED) is 0.889. The molecule has 17 heavy (non-hydrogen) atoms. The molecule has 1 saturated heterocycles. The third-order valence-corrected chi connectivity index (χ3v) is 4.74. The number of benzene rings is 1. The minimum absolute atomic E-state index is 0.596. The Kier molecular flexibility index (Phi) is 4.57. The van der Waals surface area contributed by atoms with E-state index in [9.17, 15) is 4.21 Å². The van der Waals surface area contributed by atoms with Crippen molar-refractivity contribution in [2.24, 2.45) is 5.92 Å². The molecule has 1 aromatic carbocycles. The molecule has 3 nitrogen and oxygen atoms in total. The maximum absolute atomic E-state index is 12.2. The Morgan fingerprint density at radius 3 is 2.53 bits per heavy atom. The number of hydrogen-bond acceptors (Lipinski definition) is 3. The van der Waals surface area contributed by atoms with E-state index in [1.54, 1.807) is 7.11 Å². The zero-order valence-electron chi connectivity index (χ0n) is 10.1. The lowest BCUT2D eigenvalue weighted by Crippen LogP contribution is -2.30. The van der Waals surface area contributed by atoms with Crippen molar-refractivity contribution in [2.45, 2.75) is 17.7 Å². The van der Waals surface area contributed by atoms with Crippen molar-refractivity contribution in [3.05, 3.63) is 24.3 Å². The predicted octanol–water partition coefficient (Wildman–Crippen LogP) is 1.80. The largest absolute Gasteiger partial charge is 0.497 e. The normalized spacial score (nSPS) is 18.9. The number of ether oxygens (including phenoxy) is 1. The lowest BCUT2D eigenvalue weighted by Gasteiger charge is -2.21. The summed E-state index contributed by atoms with van der Waals surface area (Å²) in [5.41, 5.74) is 0. The van der Waals surface area contributed by atoms with Gasteiger partial charge in [0.25, 0.3) is 0 Å². The summed E-state index contributed by atoms with van der Waals surface area (Å²) in [7, 11) is 0.765. The molecule has 2 rings (SSSR count). The zero-order chi connectivity index (χ0) is 12.1. The summed E-state index contributed by atoms with van der Waals surface area (Å²) >= 11 is 0. The number of piperidine rings is 1. The van der Waals surface area contributed by atoms with Crippen molar-refractivity contribution < 1.29 is 8.95 Å². The molecule has 1 N–H and O–H groups in total. The van der Waals surface area contributed by atoms with Crippen LogP contribution in [-0.2, 0) is 10.8 Å². The van der Waals surface area contributed by atoms with Crippen LogP contribution >= 0.6 is 0 Å². The van der Waals surface area contributed by atoms with E-state index < -0.39 is 10.8 Å². The SMILES string of the molecule is COc1ccc(S(=O)CC2CCNCC2)cc1. The van der Waals surface area contributed by atoms with Crippen LogP contribution in [0, 0.1) is 5.92 Å². The zero-order valence-corrected chi connectivity index (χ0v) is 11.0. The monoisotopic (exact) mass is 253 g/mol. The van der Waals surface area contributed by atoms with Gasteiger partial charge in [-0.05, 0) is 56.1 Å². The molecule has 0 spiro atoms. The van der Waals surface area contributed by atoms with Crippen molar-refractivity contribution >= 4 is 10.8 Å². The topological polar surface area (TPSA) is 38.3 Å². The van der Waals surface area contributed by atoms with Gasteiger partial charge >= 0.3 is 0 Å². The summed E-state index contributed by atoms with van der Waals surface area (Å²) in [5, 5.41) is 3.33. The second kappa shape index (κ2) is 6.17. The van der Waals surface area contributed by atoms with Crippen LogP contribution in [0.1, 0.15) is 12.8 Å². The van der Waals surface area contributed by atoms with Crippen LogP contribution in [0.25, 0.3) is 0 Å². The first-order valence-electron chi connectivity index (χ1n) is 6.03. The van der Waals surface area contributed by atoms with E-state index in [0.717, 1.165) is 42.3 Å². The van der Waals surface area contributed by atoms with Crippen LogP contribution in [0.2, 0.25) is 0 Å². The molecule has 0 bridgehead atoms. The van der Waals surface area contributed by atoms with Crippen LogP contribution in [-0.4, -0.2) is 30.2 Å². The van der Waals surface area contributed by atoms with Gasteiger partial charge in [0.05, 0.1) is 17.9 Å². The molecule has 0 amide bonds. The number of rotatable bonds is 4. The fourth-order valence-electron chi connectivity index (χ4n) is 2.09. The van der Waals surface area contributed by atoms with Gasteiger partial charge in [-0.25, -0.2) is 0 Å². The Hall–Kier alpha value is -0.870. The van der Waals surface area contributed by atoms with Gasteiger partial charge < -0.3 is 10.1 Å². The van der Waals surface area contributed by atoms with E-state index in [-0.39, 0.29) is 0 Å². The number of methoxy groups -OCH3 is 1. The van der Waals surface area contributed by atoms with Gasteiger partial charge in [0.15, 0.2) is 0 Å². The second-order valence-electron chi connectivity index (χ2n) is 4.38. The van der Waals surface area contributed by atoms with Crippen molar-refractivity contribution in [3.63, 3.8) is 0 Å². The summed E-state index contributed by atoms with van der Waals surface area (Å²) < 4.78 is 17.3. The Bertz CT molecular complexity index is 372. The van der Waals surface area contributed by atoms with Crippen LogP contribution in [0.5, 0.6) is 5.75 Å². The molecule has 94 valence electrons. The first-order chi connectivity index (χ1) is 8.29. The molecule has 1 aliphatic heterocycles. The van der Waals surface area contributed by atoms with E-state index in [0.29, 0.717) is 5.92 Å². The molecule has 4 heteroatoms. The van der Waals surface area contributed by atoms with Crippen LogP contribution in [0.15, 0.2) is 29.2 Å². The van der Waals surface area contributed by atoms with E-state index in [1.165, 1.54) is 0 Å². The predicted molar refractivity (Wildman–Crippen MR) is 69.9 cm³/mol. The molecule has 0 aromatic heterocycles. The Morgan fingerprint density at radius 1 is 1.29 bits per heavy atom. The molecule has 1 fully saturated rings. The maximum Gasteiger partial charge on any atom is 0.118 e. The van der Waals surface area contributed by atoms with Crippen LogP contribution < -0.4 is 10.1 Å². The van der Waals surface area contributed by atoms with Crippen LogP contribution in [0.4, 0.5) is 0 Å². The third kappa shape index (κ3) is 3.54. The summed E-state index contributed by atoms with van der Waals surface area (Å²) in [6.07, 6.45) is 2.28. The molecule has 0 saturated carbocycles. The smallest absolute Gasteiger partial charge is 0.118 e. The minimum Gasteiger partial charge on any atom is -0.497 e. The van der Waals surface area contributed by atoms with Gasteiger partial charge in [-0.15, -0.1) is 0 Å². The van der Waals surface area contributed by atoms with Crippen molar-refractivity contribution in [2.75, 3.05) is 26.0 Å². The highest BCUT2D eigenvalue weighted by atomic mass is 32.2. The minimum atomic E-state index is -0.875. The Morgan fingerprint density at radius 2 is 1.94 bits per heavy atom. The lowest BCUT2D eigenvalue weighted by molar-refractivity contribution is 0.405. The van der Waals surface area contributed by atoms with Gasteiger partial charge in [0, 0.05) is 10.6 Å². The number of hydrogen-bond donors (Lipinski definition) is 1. The number of nitrogens with one attached hydrogen (secondary N) is 1. The highest BCUT2D eigenvalue weighted by molar-refractivity contribution is 7.85. The Labute approximate surface area is 105 Å². The van der Waals surface area contributed by atoms with E-state index in [4.69, 9.17) is 4.74 Å². The molecular weight excluding hydrogens is 234 g/mol. The maximum atomic E-state index is 12.2. The first-order valence-corrected chi connectivity index (χ1v) is 7.34. The first kappa shape index (κ1) is 12.6. The van der Waals surface area contributed by atoms with E-state index >= 15 is 0 Å². The van der Waals surface area contributed by atoms with Crippen molar-refractivity contribution in [1.29, 1.82) is 0 Å². The third-order valence-electron chi connectivity index (χ3n) is 3.17. The molecule has 1 aliphatic rings. The molecule has 1 aromatic rings. The lowest BCUT2D eigenvalue weighted by atomic mass is 10.0. The summed E-state index contributed by atoms with van der Waals surface area (Å²) in [5.74, 6) is 2.19. The molecule has 1 heterocycles.